The molecule has 0 radical (unpaired) electrons. The van der Waals surface area contributed by atoms with Gasteiger partial charge in [0.1, 0.15) is 0 Å². The lowest BCUT2D eigenvalue weighted by molar-refractivity contribution is 0.347. The minimum absolute atomic E-state index is 0.228. The van der Waals surface area contributed by atoms with Crippen molar-refractivity contribution in [1.82, 2.24) is 20.4 Å². The Bertz CT molecular complexity index is 496. The van der Waals surface area contributed by atoms with Gasteiger partial charge in [0.05, 0.1) is 5.92 Å². The highest BCUT2D eigenvalue weighted by Gasteiger charge is 2.34. The Balaban J connectivity index is 1.90. The molecule has 1 aliphatic heterocycles. The van der Waals surface area contributed by atoms with E-state index in [-0.39, 0.29) is 5.92 Å². The molecule has 5 nitrogen and oxygen atoms in total. The maximum atomic E-state index is 5.27. The smallest absolute Gasteiger partial charge is 0.231 e. The van der Waals surface area contributed by atoms with Gasteiger partial charge in [-0.05, 0) is 19.1 Å². The van der Waals surface area contributed by atoms with Crippen molar-refractivity contribution >= 4 is 0 Å². The number of nitrogens with one attached hydrogen (secondary N) is 1. The molecule has 0 saturated carbocycles. The lowest BCUT2D eigenvalue weighted by Crippen LogP contribution is -2.10. The van der Waals surface area contributed by atoms with Crippen molar-refractivity contribution in [2.75, 3.05) is 13.1 Å². The molecule has 0 spiro atoms. The van der Waals surface area contributed by atoms with E-state index < -0.39 is 0 Å². The molecule has 1 N–H and O–H groups in total. The van der Waals surface area contributed by atoms with E-state index in [2.05, 4.69) is 20.4 Å². The number of aromatic nitrogens is 3. The van der Waals surface area contributed by atoms with Crippen LogP contribution in [0.25, 0.3) is 0 Å². The van der Waals surface area contributed by atoms with Crippen molar-refractivity contribution in [3.8, 4) is 0 Å². The van der Waals surface area contributed by atoms with Crippen LogP contribution in [-0.2, 0) is 0 Å². The largest absolute Gasteiger partial charge is 0.339 e. The zero-order valence-corrected chi connectivity index (χ0v) is 9.63. The van der Waals surface area contributed by atoms with Crippen molar-refractivity contribution in [3.05, 3.63) is 41.8 Å². The SMILES string of the molecule is Cc1noc([C@@H]2CNC[C@@H]2c2ccccn2)n1. The molecule has 3 heterocycles. The van der Waals surface area contributed by atoms with Gasteiger partial charge in [0, 0.05) is 30.9 Å². The van der Waals surface area contributed by atoms with Crippen molar-refractivity contribution < 1.29 is 4.52 Å². The quantitative estimate of drug-likeness (QED) is 0.841. The van der Waals surface area contributed by atoms with Gasteiger partial charge in [-0.25, -0.2) is 0 Å². The first-order valence-corrected chi connectivity index (χ1v) is 5.76. The molecule has 2 aromatic rings. The van der Waals surface area contributed by atoms with Gasteiger partial charge in [-0.2, -0.15) is 4.98 Å². The summed E-state index contributed by atoms with van der Waals surface area (Å²) >= 11 is 0. The average Bonchev–Trinajstić information content (AvgIpc) is 2.98. The zero-order valence-electron chi connectivity index (χ0n) is 9.63. The van der Waals surface area contributed by atoms with Crippen LogP contribution in [0.15, 0.2) is 28.9 Å². The summed E-state index contributed by atoms with van der Waals surface area (Å²) in [6.45, 7) is 3.61. The maximum absolute atomic E-state index is 5.27. The summed E-state index contributed by atoms with van der Waals surface area (Å²) in [5.74, 6) is 1.94. The van der Waals surface area contributed by atoms with Gasteiger partial charge in [0.25, 0.3) is 0 Å². The highest BCUT2D eigenvalue weighted by molar-refractivity contribution is 5.19. The van der Waals surface area contributed by atoms with E-state index >= 15 is 0 Å². The second kappa shape index (κ2) is 4.25. The Labute approximate surface area is 99.3 Å². The number of pyridine rings is 1. The molecule has 2 atom stereocenters. The van der Waals surface area contributed by atoms with Crippen LogP contribution >= 0.6 is 0 Å². The van der Waals surface area contributed by atoms with Crippen LogP contribution in [0.4, 0.5) is 0 Å². The third-order valence-electron chi connectivity index (χ3n) is 3.14. The number of nitrogens with zero attached hydrogens (tertiary/aromatic N) is 3. The van der Waals surface area contributed by atoms with Gasteiger partial charge in [-0.1, -0.05) is 11.2 Å². The Morgan fingerprint density at radius 1 is 1.29 bits per heavy atom. The van der Waals surface area contributed by atoms with Crippen LogP contribution in [0.1, 0.15) is 29.2 Å². The Kier molecular flexibility index (Phi) is 2.60. The molecule has 0 bridgehead atoms. The number of rotatable bonds is 2. The highest BCUT2D eigenvalue weighted by Crippen LogP contribution is 2.33. The van der Waals surface area contributed by atoms with Crippen molar-refractivity contribution in [3.63, 3.8) is 0 Å². The minimum Gasteiger partial charge on any atom is -0.339 e. The standard InChI is InChI=1S/C12H14N4O/c1-8-15-12(17-16-8)10-7-13-6-9(10)11-4-2-3-5-14-11/h2-5,9-10,13H,6-7H2,1H3/t9-,10+/m0/s1. The van der Waals surface area contributed by atoms with Gasteiger partial charge in [-0.3, -0.25) is 4.98 Å². The lowest BCUT2D eigenvalue weighted by atomic mass is 9.92. The van der Waals surface area contributed by atoms with Crippen LogP contribution in [0.3, 0.4) is 0 Å². The van der Waals surface area contributed by atoms with E-state index in [0.717, 1.165) is 18.8 Å². The first kappa shape index (κ1) is 10.4. The number of aryl methyl sites for hydroxylation is 1. The summed E-state index contributed by atoms with van der Waals surface area (Å²) in [4.78, 5) is 8.74. The molecule has 1 aliphatic rings. The summed E-state index contributed by atoms with van der Waals surface area (Å²) in [5.41, 5.74) is 1.08. The Morgan fingerprint density at radius 2 is 2.18 bits per heavy atom. The normalized spacial score (nSPS) is 24.1. The third kappa shape index (κ3) is 1.93. The zero-order chi connectivity index (χ0) is 11.7. The topological polar surface area (TPSA) is 63.8 Å². The summed E-state index contributed by atoms with van der Waals surface area (Å²) in [6.07, 6.45) is 1.82. The molecular weight excluding hydrogens is 216 g/mol. The molecule has 1 fully saturated rings. The molecule has 2 aromatic heterocycles. The second-order valence-corrected chi connectivity index (χ2v) is 4.31. The summed E-state index contributed by atoms with van der Waals surface area (Å²) in [7, 11) is 0. The predicted octanol–water partition coefficient (Wildman–Crippen LogP) is 1.24. The van der Waals surface area contributed by atoms with E-state index in [4.69, 9.17) is 4.52 Å². The molecule has 5 heteroatoms. The fraction of sp³-hybridized carbons (Fsp3) is 0.417. The van der Waals surface area contributed by atoms with Crippen molar-refractivity contribution in [2.24, 2.45) is 0 Å². The van der Waals surface area contributed by atoms with Crippen LogP contribution in [-0.4, -0.2) is 28.2 Å². The Hall–Kier alpha value is -1.75. The van der Waals surface area contributed by atoms with E-state index in [9.17, 15) is 0 Å². The first-order valence-electron chi connectivity index (χ1n) is 5.76. The molecular formula is C12H14N4O. The molecule has 3 rings (SSSR count). The van der Waals surface area contributed by atoms with Crippen LogP contribution in [0.5, 0.6) is 0 Å². The molecule has 0 amide bonds. The lowest BCUT2D eigenvalue weighted by Gasteiger charge is -2.13. The fourth-order valence-corrected chi connectivity index (χ4v) is 2.31. The van der Waals surface area contributed by atoms with Crippen LogP contribution in [0.2, 0.25) is 0 Å². The van der Waals surface area contributed by atoms with Gasteiger partial charge in [0.2, 0.25) is 5.89 Å². The van der Waals surface area contributed by atoms with Gasteiger partial charge >= 0.3 is 0 Å². The van der Waals surface area contributed by atoms with Crippen LogP contribution < -0.4 is 5.32 Å². The molecule has 0 aromatic carbocycles. The monoisotopic (exact) mass is 230 g/mol. The summed E-state index contributed by atoms with van der Waals surface area (Å²) in [5, 5.41) is 7.22. The van der Waals surface area contributed by atoms with Crippen molar-refractivity contribution in [2.45, 2.75) is 18.8 Å². The summed E-state index contributed by atoms with van der Waals surface area (Å²) < 4.78 is 5.27. The predicted molar refractivity (Wildman–Crippen MR) is 61.6 cm³/mol. The molecule has 0 unspecified atom stereocenters. The second-order valence-electron chi connectivity index (χ2n) is 4.31. The molecule has 0 aliphatic carbocycles. The van der Waals surface area contributed by atoms with E-state index in [0.29, 0.717) is 17.6 Å². The van der Waals surface area contributed by atoms with E-state index in [1.54, 1.807) is 0 Å². The fourth-order valence-electron chi connectivity index (χ4n) is 2.31. The molecule has 1 saturated heterocycles. The number of hydrogen-bond donors (Lipinski definition) is 1. The van der Waals surface area contributed by atoms with E-state index in [1.165, 1.54) is 0 Å². The molecule has 88 valence electrons. The van der Waals surface area contributed by atoms with Crippen LogP contribution in [0, 0.1) is 6.92 Å². The highest BCUT2D eigenvalue weighted by atomic mass is 16.5. The van der Waals surface area contributed by atoms with Gasteiger partial charge < -0.3 is 9.84 Å². The molecule has 17 heavy (non-hydrogen) atoms. The van der Waals surface area contributed by atoms with Crippen molar-refractivity contribution in [1.29, 1.82) is 0 Å². The van der Waals surface area contributed by atoms with Gasteiger partial charge in [0.15, 0.2) is 5.82 Å². The maximum Gasteiger partial charge on any atom is 0.231 e. The Morgan fingerprint density at radius 3 is 2.88 bits per heavy atom. The summed E-state index contributed by atoms with van der Waals surface area (Å²) in [6, 6.07) is 5.99. The van der Waals surface area contributed by atoms with Gasteiger partial charge in [-0.15, -0.1) is 0 Å². The first-order chi connectivity index (χ1) is 8.34. The van der Waals surface area contributed by atoms with E-state index in [1.807, 2.05) is 31.3 Å². The third-order valence-corrected chi connectivity index (χ3v) is 3.14. The average molecular weight is 230 g/mol. The number of hydrogen-bond acceptors (Lipinski definition) is 5. The minimum atomic E-state index is 0.228.